The summed E-state index contributed by atoms with van der Waals surface area (Å²) in [5, 5.41) is -0.379. The highest BCUT2D eigenvalue weighted by molar-refractivity contribution is 6.31. The molecule has 0 radical (unpaired) electrons. The maximum atomic E-state index is 12.5. The van der Waals surface area contributed by atoms with Crippen molar-refractivity contribution in [1.29, 1.82) is 0 Å². The summed E-state index contributed by atoms with van der Waals surface area (Å²) in [5.41, 5.74) is -0.871. The normalized spacial score (nSPS) is 11.3. The molecule has 0 aliphatic heterocycles. The summed E-state index contributed by atoms with van der Waals surface area (Å²) < 4.78 is 42.8. The quantitative estimate of drug-likeness (QED) is 0.734. The second-order valence-electron chi connectivity index (χ2n) is 3.55. The van der Waals surface area contributed by atoms with E-state index in [9.17, 15) is 13.2 Å². The van der Waals surface area contributed by atoms with Gasteiger partial charge in [-0.15, -0.1) is 0 Å². The van der Waals surface area contributed by atoms with Crippen molar-refractivity contribution < 1.29 is 17.9 Å². The van der Waals surface area contributed by atoms with Crippen LogP contribution in [0.2, 0.25) is 5.02 Å². The molecule has 0 amide bonds. The zero-order valence-corrected chi connectivity index (χ0v) is 9.79. The Morgan fingerprint density at radius 3 is 2.11 bits per heavy atom. The lowest BCUT2D eigenvalue weighted by molar-refractivity contribution is -0.137. The van der Waals surface area contributed by atoms with Gasteiger partial charge in [0.1, 0.15) is 11.5 Å². The van der Waals surface area contributed by atoms with Crippen LogP contribution in [0.1, 0.15) is 5.56 Å². The molecule has 0 aliphatic rings. The second kappa shape index (κ2) is 4.90. The molecule has 2 aromatic carbocycles. The standard InChI is InChI=1S/C13H8ClF3O/c14-12-8-10(6-7-11(12)13(15,16)17)18-9-4-2-1-3-5-9/h1-8H. The van der Waals surface area contributed by atoms with Gasteiger partial charge in [0.2, 0.25) is 0 Å². The third-order valence-electron chi connectivity index (χ3n) is 2.22. The van der Waals surface area contributed by atoms with Crippen molar-refractivity contribution in [1.82, 2.24) is 0 Å². The SMILES string of the molecule is FC(F)(F)c1ccc(Oc2ccccc2)cc1Cl. The van der Waals surface area contributed by atoms with Gasteiger partial charge in [0.25, 0.3) is 0 Å². The molecule has 0 N–H and O–H groups in total. The van der Waals surface area contributed by atoms with Crippen molar-refractivity contribution in [2.24, 2.45) is 0 Å². The lowest BCUT2D eigenvalue weighted by Gasteiger charge is -2.11. The maximum Gasteiger partial charge on any atom is 0.417 e. The zero-order chi connectivity index (χ0) is 13.2. The fraction of sp³-hybridized carbons (Fsp3) is 0.0769. The third-order valence-corrected chi connectivity index (χ3v) is 2.54. The lowest BCUT2D eigenvalue weighted by Crippen LogP contribution is -2.05. The van der Waals surface area contributed by atoms with E-state index in [-0.39, 0.29) is 10.8 Å². The Morgan fingerprint density at radius 2 is 1.56 bits per heavy atom. The summed E-state index contributed by atoms with van der Waals surface area (Å²) >= 11 is 5.58. The first-order valence-corrected chi connectivity index (χ1v) is 5.44. The Kier molecular flexibility index (Phi) is 3.48. The Morgan fingerprint density at radius 1 is 0.889 bits per heavy atom. The summed E-state index contributed by atoms with van der Waals surface area (Å²) in [6, 6.07) is 12.0. The van der Waals surface area contributed by atoms with Crippen LogP contribution >= 0.6 is 11.6 Å². The first-order chi connectivity index (χ1) is 8.47. The molecule has 94 valence electrons. The van der Waals surface area contributed by atoms with Crippen molar-refractivity contribution in [3.8, 4) is 11.5 Å². The van der Waals surface area contributed by atoms with E-state index in [0.29, 0.717) is 5.75 Å². The predicted octanol–water partition coefficient (Wildman–Crippen LogP) is 5.15. The molecule has 0 bridgehead atoms. The van der Waals surface area contributed by atoms with E-state index < -0.39 is 11.7 Å². The average Bonchev–Trinajstić information content (AvgIpc) is 2.28. The zero-order valence-electron chi connectivity index (χ0n) is 9.04. The van der Waals surface area contributed by atoms with Crippen LogP contribution in [-0.2, 0) is 6.18 Å². The molecule has 1 nitrogen and oxygen atoms in total. The number of hydrogen-bond donors (Lipinski definition) is 0. The largest absolute Gasteiger partial charge is 0.457 e. The summed E-state index contributed by atoms with van der Waals surface area (Å²) in [7, 11) is 0. The van der Waals surface area contributed by atoms with Gasteiger partial charge in [0.05, 0.1) is 10.6 Å². The van der Waals surface area contributed by atoms with Crippen LogP contribution in [0.25, 0.3) is 0 Å². The number of benzene rings is 2. The molecule has 0 heterocycles. The number of rotatable bonds is 2. The van der Waals surface area contributed by atoms with Crippen LogP contribution in [-0.4, -0.2) is 0 Å². The summed E-state index contributed by atoms with van der Waals surface area (Å²) in [5.74, 6) is 0.799. The van der Waals surface area contributed by atoms with Crippen LogP contribution in [0, 0.1) is 0 Å². The van der Waals surface area contributed by atoms with Gasteiger partial charge in [-0.05, 0) is 24.3 Å². The first-order valence-electron chi connectivity index (χ1n) is 5.06. The van der Waals surface area contributed by atoms with Gasteiger partial charge in [0.15, 0.2) is 0 Å². The number of alkyl halides is 3. The van der Waals surface area contributed by atoms with Gasteiger partial charge >= 0.3 is 6.18 Å². The molecule has 0 fully saturated rings. The molecular formula is C13H8ClF3O. The highest BCUT2D eigenvalue weighted by atomic mass is 35.5. The highest BCUT2D eigenvalue weighted by Crippen LogP contribution is 2.37. The molecule has 18 heavy (non-hydrogen) atoms. The van der Waals surface area contributed by atoms with Crippen LogP contribution in [0.3, 0.4) is 0 Å². The van der Waals surface area contributed by atoms with Gasteiger partial charge in [0, 0.05) is 6.07 Å². The van der Waals surface area contributed by atoms with Gasteiger partial charge in [-0.1, -0.05) is 29.8 Å². The Balaban J connectivity index is 2.25. The molecule has 0 aromatic heterocycles. The van der Waals surface area contributed by atoms with Gasteiger partial charge < -0.3 is 4.74 Å². The number of halogens is 4. The van der Waals surface area contributed by atoms with Crippen LogP contribution < -0.4 is 4.74 Å². The van der Waals surface area contributed by atoms with Crippen LogP contribution in [0.5, 0.6) is 11.5 Å². The number of para-hydroxylation sites is 1. The molecule has 0 unspecified atom stereocenters. The van der Waals surface area contributed by atoms with Crippen molar-refractivity contribution in [3.05, 3.63) is 59.1 Å². The van der Waals surface area contributed by atoms with Crippen LogP contribution in [0.4, 0.5) is 13.2 Å². The monoisotopic (exact) mass is 272 g/mol. The molecular weight excluding hydrogens is 265 g/mol. The lowest BCUT2D eigenvalue weighted by atomic mass is 10.2. The predicted molar refractivity (Wildman–Crippen MR) is 63.0 cm³/mol. The van der Waals surface area contributed by atoms with Gasteiger partial charge in [-0.3, -0.25) is 0 Å². The minimum absolute atomic E-state index is 0.263. The fourth-order valence-electron chi connectivity index (χ4n) is 1.41. The van der Waals surface area contributed by atoms with Crippen molar-refractivity contribution >= 4 is 11.6 Å². The Hall–Kier alpha value is -1.68. The van der Waals surface area contributed by atoms with Crippen molar-refractivity contribution in [3.63, 3.8) is 0 Å². The van der Waals surface area contributed by atoms with E-state index in [2.05, 4.69) is 0 Å². The second-order valence-corrected chi connectivity index (χ2v) is 3.96. The Bertz CT molecular complexity index is 538. The molecule has 0 atom stereocenters. The molecule has 0 aliphatic carbocycles. The number of ether oxygens (including phenoxy) is 1. The van der Waals surface area contributed by atoms with Crippen LogP contribution in [0.15, 0.2) is 48.5 Å². The van der Waals surface area contributed by atoms with E-state index in [1.54, 1.807) is 24.3 Å². The van der Waals surface area contributed by atoms with Crippen molar-refractivity contribution in [2.75, 3.05) is 0 Å². The fourth-order valence-corrected chi connectivity index (χ4v) is 1.69. The topological polar surface area (TPSA) is 9.23 Å². The molecule has 5 heteroatoms. The average molecular weight is 273 g/mol. The van der Waals surface area contributed by atoms with E-state index in [1.807, 2.05) is 6.07 Å². The minimum Gasteiger partial charge on any atom is -0.457 e. The van der Waals surface area contributed by atoms with E-state index >= 15 is 0 Å². The maximum absolute atomic E-state index is 12.5. The Labute approximate surface area is 107 Å². The molecule has 0 saturated heterocycles. The molecule has 0 saturated carbocycles. The molecule has 2 aromatic rings. The molecule has 2 rings (SSSR count). The van der Waals surface area contributed by atoms with Crippen molar-refractivity contribution in [2.45, 2.75) is 6.18 Å². The first kappa shape index (κ1) is 12.8. The number of hydrogen-bond acceptors (Lipinski definition) is 1. The van der Waals surface area contributed by atoms with E-state index in [4.69, 9.17) is 16.3 Å². The smallest absolute Gasteiger partial charge is 0.417 e. The van der Waals surface area contributed by atoms with E-state index in [1.165, 1.54) is 6.07 Å². The van der Waals surface area contributed by atoms with Gasteiger partial charge in [-0.25, -0.2) is 0 Å². The van der Waals surface area contributed by atoms with E-state index in [0.717, 1.165) is 12.1 Å². The minimum atomic E-state index is -4.46. The summed E-state index contributed by atoms with van der Waals surface area (Å²) in [4.78, 5) is 0. The highest BCUT2D eigenvalue weighted by Gasteiger charge is 2.33. The van der Waals surface area contributed by atoms with Gasteiger partial charge in [-0.2, -0.15) is 13.2 Å². The summed E-state index contributed by atoms with van der Waals surface area (Å²) in [6.45, 7) is 0. The molecule has 0 spiro atoms. The summed E-state index contributed by atoms with van der Waals surface area (Å²) in [6.07, 6.45) is -4.46. The third kappa shape index (κ3) is 2.96.